The molecule has 0 aliphatic rings. The first-order valence-corrected chi connectivity index (χ1v) is 13.2. The van der Waals surface area contributed by atoms with E-state index in [1.165, 1.54) is 25.3 Å². The van der Waals surface area contributed by atoms with Crippen LogP contribution in [0.4, 0.5) is 18.9 Å². The van der Waals surface area contributed by atoms with Gasteiger partial charge >= 0.3 is 12.1 Å². The molecule has 0 atom stereocenters. The molecule has 0 spiro atoms. The zero-order valence-electron chi connectivity index (χ0n) is 20.4. The fourth-order valence-corrected chi connectivity index (χ4v) is 6.14. The SMILES string of the molecule is COc1cc(C(=O)O)ccc1COc1cc(C(F)(F)F)ccc1N(CC(C)C)S(=O)(=O)c1nc(C)cs1. The number of ether oxygens (including phenoxy) is 2. The van der Waals surface area contributed by atoms with Gasteiger partial charge in [-0.1, -0.05) is 19.9 Å². The number of sulfonamides is 1. The number of nitrogens with zero attached hydrogens (tertiary/aromatic N) is 2. The number of hydrogen-bond acceptors (Lipinski definition) is 7. The van der Waals surface area contributed by atoms with E-state index in [-0.39, 0.29) is 46.2 Å². The van der Waals surface area contributed by atoms with E-state index in [4.69, 9.17) is 9.47 Å². The summed E-state index contributed by atoms with van der Waals surface area (Å²) in [7, 11) is -2.91. The summed E-state index contributed by atoms with van der Waals surface area (Å²) in [6.07, 6.45) is -4.70. The molecule has 200 valence electrons. The van der Waals surface area contributed by atoms with Crippen LogP contribution in [0.2, 0.25) is 0 Å². The number of aryl methyl sites for hydroxylation is 1. The lowest BCUT2D eigenvalue weighted by Gasteiger charge is -2.27. The van der Waals surface area contributed by atoms with Gasteiger partial charge in [0.25, 0.3) is 10.0 Å². The van der Waals surface area contributed by atoms with Crippen molar-refractivity contribution >= 4 is 33.0 Å². The van der Waals surface area contributed by atoms with Crippen LogP contribution in [0.5, 0.6) is 11.5 Å². The number of carboxylic acid groups (broad SMARTS) is 1. The Labute approximate surface area is 216 Å². The molecule has 1 aromatic heterocycles. The van der Waals surface area contributed by atoms with Crippen LogP contribution in [0.25, 0.3) is 0 Å². The second-order valence-corrected chi connectivity index (χ2v) is 11.4. The molecule has 1 heterocycles. The fraction of sp³-hybridized carbons (Fsp3) is 0.333. The summed E-state index contributed by atoms with van der Waals surface area (Å²) in [6.45, 7) is 4.82. The number of rotatable bonds is 10. The van der Waals surface area contributed by atoms with E-state index >= 15 is 0 Å². The van der Waals surface area contributed by atoms with Gasteiger partial charge < -0.3 is 14.6 Å². The highest BCUT2D eigenvalue weighted by Crippen LogP contribution is 2.40. The number of carbonyl (C=O) groups is 1. The summed E-state index contributed by atoms with van der Waals surface area (Å²) >= 11 is 0.913. The molecule has 8 nitrogen and oxygen atoms in total. The molecule has 0 saturated heterocycles. The summed E-state index contributed by atoms with van der Waals surface area (Å²) < 4.78 is 79.4. The van der Waals surface area contributed by atoms with Crippen LogP contribution in [-0.4, -0.2) is 38.1 Å². The molecule has 0 saturated carbocycles. The molecule has 13 heteroatoms. The number of benzene rings is 2. The number of alkyl halides is 3. The highest BCUT2D eigenvalue weighted by atomic mass is 32.2. The summed E-state index contributed by atoms with van der Waals surface area (Å²) in [5.74, 6) is -1.54. The van der Waals surface area contributed by atoms with E-state index in [0.717, 1.165) is 33.8 Å². The number of methoxy groups -OCH3 is 1. The third kappa shape index (κ3) is 6.52. The molecular weight excluding hydrogens is 533 g/mol. The van der Waals surface area contributed by atoms with E-state index < -0.39 is 27.7 Å². The molecule has 0 fully saturated rings. The quantitative estimate of drug-likeness (QED) is 0.345. The van der Waals surface area contributed by atoms with Crippen molar-refractivity contribution in [1.29, 1.82) is 0 Å². The molecule has 0 unspecified atom stereocenters. The van der Waals surface area contributed by atoms with E-state index in [2.05, 4.69) is 4.98 Å². The van der Waals surface area contributed by atoms with Crippen LogP contribution < -0.4 is 13.8 Å². The van der Waals surface area contributed by atoms with Gasteiger partial charge in [-0.25, -0.2) is 9.78 Å². The van der Waals surface area contributed by atoms with Crippen LogP contribution in [0.3, 0.4) is 0 Å². The van der Waals surface area contributed by atoms with Crippen molar-refractivity contribution in [2.45, 2.75) is 37.9 Å². The predicted molar refractivity (Wildman–Crippen MR) is 132 cm³/mol. The number of anilines is 1. The zero-order chi connectivity index (χ0) is 27.5. The predicted octanol–water partition coefficient (Wildman–Crippen LogP) is 5.61. The van der Waals surface area contributed by atoms with Gasteiger partial charge in [0.2, 0.25) is 4.34 Å². The maximum Gasteiger partial charge on any atom is 0.416 e. The Balaban J connectivity index is 2.10. The molecule has 0 radical (unpaired) electrons. The number of aromatic nitrogens is 1. The molecule has 0 aliphatic heterocycles. The van der Waals surface area contributed by atoms with Gasteiger partial charge in [-0.3, -0.25) is 4.31 Å². The smallest absolute Gasteiger partial charge is 0.416 e. The first-order chi connectivity index (χ1) is 17.2. The van der Waals surface area contributed by atoms with Crippen molar-refractivity contribution in [1.82, 2.24) is 4.98 Å². The molecule has 0 bridgehead atoms. The topological polar surface area (TPSA) is 106 Å². The first-order valence-electron chi connectivity index (χ1n) is 10.9. The zero-order valence-corrected chi connectivity index (χ0v) is 22.0. The van der Waals surface area contributed by atoms with Gasteiger partial charge in [0.05, 0.1) is 23.9 Å². The van der Waals surface area contributed by atoms with Crippen molar-refractivity contribution in [2.24, 2.45) is 5.92 Å². The van der Waals surface area contributed by atoms with Gasteiger partial charge in [-0.15, -0.1) is 11.3 Å². The second kappa shape index (κ2) is 11.0. The molecular formula is C24H25F3N2O6S2. The Hall–Kier alpha value is -3.32. The third-order valence-corrected chi connectivity index (χ3v) is 8.24. The number of halogens is 3. The number of aromatic carboxylic acids is 1. The van der Waals surface area contributed by atoms with Crippen molar-refractivity contribution in [2.75, 3.05) is 18.0 Å². The lowest BCUT2D eigenvalue weighted by Crippen LogP contribution is -2.34. The maximum atomic E-state index is 13.5. The second-order valence-electron chi connectivity index (χ2n) is 8.49. The van der Waals surface area contributed by atoms with Crippen LogP contribution in [0.15, 0.2) is 46.1 Å². The van der Waals surface area contributed by atoms with Crippen molar-refractivity contribution in [3.63, 3.8) is 0 Å². The Morgan fingerprint density at radius 1 is 1.16 bits per heavy atom. The number of thiazole rings is 1. The molecule has 3 rings (SSSR count). The van der Waals surface area contributed by atoms with Gasteiger partial charge in [0.15, 0.2) is 0 Å². The molecule has 37 heavy (non-hydrogen) atoms. The van der Waals surface area contributed by atoms with Crippen molar-refractivity contribution < 1.29 is 41.0 Å². The van der Waals surface area contributed by atoms with Gasteiger partial charge in [0.1, 0.15) is 18.1 Å². The van der Waals surface area contributed by atoms with Gasteiger partial charge in [-0.2, -0.15) is 21.6 Å². The highest BCUT2D eigenvalue weighted by Gasteiger charge is 2.35. The van der Waals surface area contributed by atoms with Gasteiger partial charge in [0, 0.05) is 23.2 Å². The Bertz CT molecular complexity index is 1390. The van der Waals surface area contributed by atoms with E-state index in [0.29, 0.717) is 11.3 Å². The largest absolute Gasteiger partial charge is 0.496 e. The monoisotopic (exact) mass is 558 g/mol. The molecule has 2 aromatic carbocycles. The lowest BCUT2D eigenvalue weighted by atomic mass is 10.1. The Morgan fingerprint density at radius 2 is 1.86 bits per heavy atom. The minimum absolute atomic E-state index is 0.0423. The summed E-state index contributed by atoms with van der Waals surface area (Å²) in [4.78, 5) is 15.3. The van der Waals surface area contributed by atoms with Gasteiger partial charge in [-0.05, 0) is 43.2 Å². The molecule has 0 amide bonds. The summed E-state index contributed by atoms with van der Waals surface area (Å²) in [5, 5.41) is 10.8. The average molecular weight is 559 g/mol. The molecule has 3 aromatic rings. The van der Waals surface area contributed by atoms with Crippen LogP contribution in [0.1, 0.15) is 41.0 Å². The van der Waals surface area contributed by atoms with Crippen LogP contribution in [-0.2, 0) is 22.8 Å². The van der Waals surface area contributed by atoms with E-state index in [1.54, 1.807) is 26.2 Å². The Kier molecular flexibility index (Phi) is 8.38. The standard InChI is InChI=1S/C24H25F3N2O6S2/c1-14(2)11-29(37(32,33)23-28-15(3)13-36-23)19-8-7-18(24(25,26)27)10-21(19)35-12-17-6-5-16(22(30)31)9-20(17)34-4/h5-10,13-14H,11-12H2,1-4H3,(H,30,31). The normalized spacial score (nSPS) is 12.0. The minimum Gasteiger partial charge on any atom is -0.496 e. The van der Waals surface area contributed by atoms with Crippen molar-refractivity contribution in [3.8, 4) is 11.5 Å². The molecule has 1 N–H and O–H groups in total. The van der Waals surface area contributed by atoms with Crippen LogP contribution >= 0.6 is 11.3 Å². The van der Waals surface area contributed by atoms with E-state index in [1.807, 2.05) is 0 Å². The van der Waals surface area contributed by atoms with Crippen molar-refractivity contribution in [3.05, 3.63) is 64.2 Å². The third-order valence-electron chi connectivity index (χ3n) is 5.11. The summed E-state index contributed by atoms with van der Waals surface area (Å²) in [5.41, 5.74) is -0.311. The lowest BCUT2D eigenvalue weighted by molar-refractivity contribution is -0.137. The van der Waals surface area contributed by atoms with Crippen LogP contribution in [0, 0.1) is 12.8 Å². The number of carboxylic acids is 1. The fourth-order valence-electron chi connectivity index (χ4n) is 3.37. The minimum atomic E-state index is -4.70. The average Bonchev–Trinajstić information content (AvgIpc) is 3.27. The summed E-state index contributed by atoms with van der Waals surface area (Å²) in [6, 6.07) is 6.56. The molecule has 0 aliphatic carbocycles. The maximum absolute atomic E-state index is 13.5. The number of hydrogen-bond donors (Lipinski definition) is 1. The van der Waals surface area contributed by atoms with E-state index in [9.17, 15) is 31.5 Å². The Morgan fingerprint density at radius 3 is 2.41 bits per heavy atom. The highest BCUT2D eigenvalue weighted by molar-refractivity contribution is 7.94. The first kappa shape index (κ1) is 28.3.